The monoisotopic (exact) mass is 385 g/mol. The number of nitrogens with zero attached hydrogens (tertiary/aromatic N) is 2. The Hall–Kier alpha value is -1.88. The third-order valence-corrected chi connectivity index (χ3v) is 6.06. The first-order valence-electron chi connectivity index (χ1n) is 10.9. The molecule has 0 unspecified atom stereocenters. The molecule has 2 amide bonds. The zero-order valence-corrected chi connectivity index (χ0v) is 17.7. The van der Waals surface area contributed by atoms with Gasteiger partial charge < -0.3 is 15.1 Å². The lowest BCUT2D eigenvalue weighted by Gasteiger charge is -2.33. The molecule has 2 fully saturated rings. The second kappa shape index (κ2) is 9.55. The lowest BCUT2D eigenvalue weighted by Crippen LogP contribution is -2.49. The molecule has 0 bridgehead atoms. The summed E-state index contributed by atoms with van der Waals surface area (Å²) in [5.74, 6) is 0.0635. The summed E-state index contributed by atoms with van der Waals surface area (Å²) in [6, 6.07) is 6.18. The van der Waals surface area contributed by atoms with Crippen molar-refractivity contribution in [2.45, 2.75) is 58.9 Å². The molecule has 2 aliphatic heterocycles. The van der Waals surface area contributed by atoms with Gasteiger partial charge in [0.2, 0.25) is 5.91 Å². The van der Waals surface area contributed by atoms with Crippen LogP contribution in [0.2, 0.25) is 0 Å². The maximum absolute atomic E-state index is 13.0. The number of rotatable bonds is 6. The number of benzene rings is 1. The van der Waals surface area contributed by atoms with E-state index in [1.807, 2.05) is 30.9 Å². The zero-order valence-electron chi connectivity index (χ0n) is 17.7. The van der Waals surface area contributed by atoms with E-state index in [1.54, 1.807) is 0 Å². The molecule has 1 aromatic rings. The van der Waals surface area contributed by atoms with Gasteiger partial charge in [0.05, 0.1) is 5.92 Å². The minimum Gasteiger partial charge on any atom is -0.352 e. The molecular weight excluding hydrogens is 350 g/mol. The van der Waals surface area contributed by atoms with E-state index in [9.17, 15) is 9.59 Å². The van der Waals surface area contributed by atoms with E-state index in [0.717, 1.165) is 62.1 Å². The summed E-state index contributed by atoms with van der Waals surface area (Å²) < 4.78 is 0. The van der Waals surface area contributed by atoms with Gasteiger partial charge in [0.25, 0.3) is 5.91 Å². The molecule has 0 aliphatic carbocycles. The Kier molecular flexibility index (Phi) is 7.11. The Bertz CT molecular complexity index is 677. The molecule has 1 N–H and O–H groups in total. The second-order valence-electron chi connectivity index (χ2n) is 8.59. The number of amides is 2. The van der Waals surface area contributed by atoms with Crippen LogP contribution in [0.15, 0.2) is 18.2 Å². The highest BCUT2D eigenvalue weighted by Gasteiger charge is 2.30. The minimum atomic E-state index is -0.101. The number of hydrogen-bond acceptors (Lipinski definition) is 3. The van der Waals surface area contributed by atoms with Crippen molar-refractivity contribution in [3.63, 3.8) is 0 Å². The average Bonchev–Trinajstić information content (AvgIpc) is 3.19. The molecule has 0 radical (unpaired) electrons. The molecule has 2 heterocycles. The maximum Gasteiger partial charge on any atom is 0.253 e. The van der Waals surface area contributed by atoms with Gasteiger partial charge in [-0.2, -0.15) is 0 Å². The fourth-order valence-electron chi connectivity index (χ4n) is 4.53. The van der Waals surface area contributed by atoms with E-state index in [-0.39, 0.29) is 23.8 Å². The van der Waals surface area contributed by atoms with Gasteiger partial charge in [-0.15, -0.1) is 0 Å². The lowest BCUT2D eigenvalue weighted by atomic mass is 9.95. The number of aryl methyl sites for hydroxylation is 2. The summed E-state index contributed by atoms with van der Waals surface area (Å²) in [4.78, 5) is 30.2. The predicted octanol–water partition coefficient (Wildman–Crippen LogP) is 3.15. The quantitative estimate of drug-likeness (QED) is 0.818. The van der Waals surface area contributed by atoms with E-state index >= 15 is 0 Å². The van der Waals surface area contributed by atoms with Crippen molar-refractivity contribution in [3.8, 4) is 0 Å². The van der Waals surface area contributed by atoms with E-state index in [4.69, 9.17) is 0 Å². The van der Waals surface area contributed by atoms with Crippen molar-refractivity contribution in [3.05, 3.63) is 34.9 Å². The Morgan fingerprint density at radius 1 is 1.07 bits per heavy atom. The number of carbonyl (C=O) groups is 2. The van der Waals surface area contributed by atoms with Gasteiger partial charge in [0.15, 0.2) is 0 Å². The van der Waals surface area contributed by atoms with Crippen LogP contribution in [0.3, 0.4) is 0 Å². The van der Waals surface area contributed by atoms with Crippen LogP contribution in [0.25, 0.3) is 0 Å². The molecule has 0 saturated carbocycles. The first kappa shape index (κ1) is 20.8. The van der Waals surface area contributed by atoms with Crippen molar-refractivity contribution < 1.29 is 9.59 Å². The molecule has 5 nitrogen and oxygen atoms in total. The molecule has 154 valence electrons. The van der Waals surface area contributed by atoms with Crippen LogP contribution < -0.4 is 5.32 Å². The second-order valence-corrected chi connectivity index (χ2v) is 8.59. The Morgan fingerprint density at radius 2 is 1.75 bits per heavy atom. The summed E-state index contributed by atoms with van der Waals surface area (Å²) in [6.45, 7) is 10.7. The molecule has 0 spiro atoms. The summed E-state index contributed by atoms with van der Waals surface area (Å²) in [5, 5.41) is 3.26. The molecule has 28 heavy (non-hydrogen) atoms. The summed E-state index contributed by atoms with van der Waals surface area (Å²) >= 11 is 0. The number of likely N-dealkylation sites (tertiary alicyclic amines) is 2. The number of piperidine rings is 1. The Labute approximate surface area is 169 Å². The smallest absolute Gasteiger partial charge is 0.253 e. The maximum atomic E-state index is 13.0. The van der Waals surface area contributed by atoms with Crippen LogP contribution in [-0.2, 0) is 4.79 Å². The van der Waals surface area contributed by atoms with E-state index in [2.05, 4.69) is 23.2 Å². The molecule has 3 rings (SSSR count). The van der Waals surface area contributed by atoms with Crippen LogP contribution in [-0.4, -0.2) is 60.4 Å². The van der Waals surface area contributed by atoms with Crippen LogP contribution in [0, 0.1) is 19.8 Å². The SMILES string of the molecule is CC[C@@H](CN1CCCC1)NC(=O)[C@H]1CCCN(C(=O)c2cc(C)cc(C)c2)C1. The molecule has 5 heteroatoms. The van der Waals surface area contributed by atoms with Gasteiger partial charge in [0, 0.05) is 31.2 Å². The fourth-order valence-corrected chi connectivity index (χ4v) is 4.53. The topological polar surface area (TPSA) is 52.7 Å². The van der Waals surface area contributed by atoms with Crippen molar-refractivity contribution in [1.29, 1.82) is 0 Å². The van der Waals surface area contributed by atoms with Crippen molar-refractivity contribution >= 4 is 11.8 Å². The van der Waals surface area contributed by atoms with Crippen molar-refractivity contribution in [2.24, 2.45) is 5.92 Å². The van der Waals surface area contributed by atoms with Gasteiger partial charge >= 0.3 is 0 Å². The van der Waals surface area contributed by atoms with Gasteiger partial charge in [-0.05, 0) is 71.2 Å². The third kappa shape index (κ3) is 5.34. The Balaban J connectivity index is 1.58. The normalized spacial score (nSPS) is 21.5. The van der Waals surface area contributed by atoms with Crippen LogP contribution >= 0.6 is 0 Å². The molecule has 2 saturated heterocycles. The summed E-state index contributed by atoms with van der Waals surface area (Å²) in [5.41, 5.74) is 2.93. The van der Waals surface area contributed by atoms with Crippen LogP contribution in [0.1, 0.15) is 60.5 Å². The molecule has 2 atom stereocenters. The van der Waals surface area contributed by atoms with E-state index in [1.165, 1.54) is 12.8 Å². The zero-order chi connectivity index (χ0) is 20.1. The third-order valence-electron chi connectivity index (χ3n) is 6.06. The van der Waals surface area contributed by atoms with Gasteiger partial charge in [0.1, 0.15) is 0 Å². The minimum absolute atomic E-state index is 0.0495. The van der Waals surface area contributed by atoms with Crippen LogP contribution in [0.4, 0.5) is 0 Å². The Morgan fingerprint density at radius 3 is 2.39 bits per heavy atom. The van der Waals surface area contributed by atoms with Crippen molar-refractivity contribution in [1.82, 2.24) is 15.1 Å². The largest absolute Gasteiger partial charge is 0.352 e. The predicted molar refractivity (Wildman–Crippen MR) is 112 cm³/mol. The van der Waals surface area contributed by atoms with Gasteiger partial charge in [-0.1, -0.05) is 24.1 Å². The highest BCUT2D eigenvalue weighted by Crippen LogP contribution is 2.20. The number of nitrogens with one attached hydrogen (secondary N) is 1. The van der Waals surface area contributed by atoms with Gasteiger partial charge in [-0.3, -0.25) is 9.59 Å². The van der Waals surface area contributed by atoms with Crippen LogP contribution in [0.5, 0.6) is 0 Å². The lowest BCUT2D eigenvalue weighted by molar-refractivity contribution is -0.127. The first-order chi connectivity index (χ1) is 13.5. The van der Waals surface area contributed by atoms with E-state index < -0.39 is 0 Å². The highest BCUT2D eigenvalue weighted by molar-refractivity contribution is 5.95. The fraction of sp³-hybridized carbons (Fsp3) is 0.652. The molecule has 2 aliphatic rings. The van der Waals surface area contributed by atoms with E-state index in [0.29, 0.717) is 6.54 Å². The molecule has 1 aromatic carbocycles. The number of carbonyl (C=O) groups excluding carboxylic acids is 2. The standard InChI is InChI=1S/C23H35N3O2/c1-4-21(16-25-9-5-6-10-25)24-22(27)19-8-7-11-26(15-19)23(28)20-13-17(2)12-18(3)14-20/h12-14,19,21H,4-11,15-16H2,1-3H3,(H,24,27)/t19-,21-/m0/s1. The van der Waals surface area contributed by atoms with Gasteiger partial charge in [-0.25, -0.2) is 0 Å². The summed E-state index contributed by atoms with van der Waals surface area (Å²) in [7, 11) is 0. The molecular formula is C23H35N3O2. The first-order valence-corrected chi connectivity index (χ1v) is 10.9. The summed E-state index contributed by atoms with van der Waals surface area (Å²) in [6.07, 6.45) is 5.23. The average molecular weight is 386 g/mol. The number of hydrogen-bond donors (Lipinski definition) is 1. The highest BCUT2D eigenvalue weighted by atomic mass is 16.2. The molecule has 0 aromatic heterocycles. The van der Waals surface area contributed by atoms with Crippen molar-refractivity contribution in [2.75, 3.05) is 32.7 Å².